The van der Waals surface area contributed by atoms with E-state index in [1.165, 1.54) is 12.1 Å². The lowest BCUT2D eigenvalue weighted by Crippen LogP contribution is -2.53. The van der Waals surface area contributed by atoms with Gasteiger partial charge in [-0.25, -0.2) is 8.78 Å². The third-order valence-corrected chi connectivity index (χ3v) is 4.13. The van der Waals surface area contributed by atoms with Crippen molar-refractivity contribution in [1.82, 2.24) is 10.6 Å². The Labute approximate surface area is 124 Å². The van der Waals surface area contributed by atoms with Crippen LogP contribution in [0.5, 0.6) is 0 Å². The number of hydrogen-bond donors (Lipinski definition) is 2. The zero-order valence-corrected chi connectivity index (χ0v) is 12.5. The Morgan fingerprint density at radius 1 is 1.48 bits per heavy atom. The number of benzene rings is 1. The molecule has 1 aromatic rings. The van der Waals surface area contributed by atoms with E-state index in [9.17, 15) is 13.6 Å². The first-order chi connectivity index (χ1) is 9.98. The highest BCUT2D eigenvalue weighted by atomic mass is 19.1. The van der Waals surface area contributed by atoms with Crippen molar-refractivity contribution < 1.29 is 13.6 Å². The van der Waals surface area contributed by atoms with Gasteiger partial charge in [-0.2, -0.15) is 0 Å². The first-order valence-electron chi connectivity index (χ1n) is 7.49. The van der Waals surface area contributed by atoms with Crippen LogP contribution >= 0.6 is 0 Å². The molecule has 1 saturated heterocycles. The molecule has 2 N–H and O–H groups in total. The molecule has 3 nitrogen and oxygen atoms in total. The molecule has 1 amide bonds. The van der Waals surface area contributed by atoms with Gasteiger partial charge in [0.1, 0.15) is 11.6 Å². The van der Waals surface area contributed by atoms with Crippen molar-refractivity contribution in [3.63, 3.8) is 0 Å². The van der Waals surface area contributed by atoms with Crippen LogP contribution in [0.4, 0.5) is 8.78 Å². The summed E-state index contributed by atoms with van der Waals surface area (Å²) in [4.78, 5) is 12.5. The maximum Gasteiger partial charge on any atom is 0.240 e. The Bertz CT molecular complexity index is 513. The minimum atomic E-state index is -0.633. The van der Waals surface area contributed by atoms with Crippen molar-refractivity contribution in [2.45, 2.75) is 51.1 Å². The fraction of sp³-hybridized carbons (Fsp3) is 0.562. The lowest BCUT2D eigenvalue weighted by Gasteiger charge is -2.29. The molecule has 1 heterocycles. The molecule has 2 unspecified atom stereocenters. The van der Waals surface area contributed by atoms with E-state index in [2.05, 4.69) is 10.6 Å². The molecular weight excluding hydrogens is 274 g/mol. The van der Waals surface area contributed by atoms with E-state index < -0.39 is 23.2 Å². The molecule has 0 saturated carbocycles. The summed E-state index contributed by atoms with van der Waals surface area (Å²) in [5.74, 6) is -1.35. The van der Waals surface area contributed by atoms with E-state index in [0.29, 0.717) is 5.56 Å². The summed E-state index contributed by atoms with van der Waals surface area (Å²) < 4.78 is 26.7. The van der Waals surface area contributed by atoms with Crippen LogP contribution in [0.1, 0.15) is 51.1 Å². The summed E-state index contributed by atoms with van der Waals surface area (Å²) in [5, 5.41) is 6.15. The van der Waals surface area contributed by atoms with Crippen molar-refractivity contribution in [1.29, 1.82) is 0 Å². The average molecular weight is 296 g/mol. The third-order valence-electron chi connectivity index (χ3n) is 4.13. The van der Waals surface area contributed by atoms with Crippen molar-refractivity contribution in [3.05, 3.63) is 35.4 Å². The lowest BCUT2D eigenvalue weighted by atomic mass is 9.90. The normalized spacial score (nSPS) is 23.0. The summed E-state index contributed by atoms with van der Waals surface area (Å²) >= 11 is 0. The van der Waals surface area contributed by atoms with Gasteiger partial charge in [0.05, 0.1) is 11.6 Å². The first kappa shape index (κ1) is 15.9. The third kappa shape index (κ3) is 3.40. The van der Waals surface area contributed by atoms with Crippen molar-refractivity contribution in [2.75, 3.05) is 6.54 Å². The van der Waals surface area contributed by atoms with Gasteiger partial charge in [-0.05, 0) is 38.8 Å². The number of nitrogens with one attached hydrogen (secondary N) is 2. The monoisotopic (exact) mass is 296 g/mol. The number of carbonyl (C=O) groups excluding carboxylic acids is 1. The standard InChI is InChI=1S/C16H22F2N2O/c1-3-7-16(8-4-9-19-16)15(21)20-11(2)13-6-5-12(17)10-14(13)18/h5-6,10-11,19H,3-4,7-9H2,1-2H3,(H,20,21). The fourth-order valence-corrected chi connectivity index (χ4v) is 3.02. The highest BCUT2D eigenvalue weighted by molar-refractivity contribution is 5.87. The van der Waals surface area contributed by atoms with E-state index in [4.69, 9.17) is 0 Å². The van der Waals surface area contributed by atoms with Crippen LogP contribution in [-0.2, 0) is 4.79 Å². The van der Waals surface area contributed by atoms with Crippen LogP contribution in [0.15, 0.2) is 18.2 Å². The van der Waals surface area contributed by atoms with Gasteiger partial charge in [0, 0.05) is 11.6 Å². The molecule has 1 aromatic carbocycles. The second-order valence-electron chi connectivity index (χ2n) is 5.72. The molecule has 0 spiro atoms. The predicted octanol–water partition coefficient (Wildman–Crippen LogP) is 3.06. The Morgan fingerprint density at radius 2 is 2.24 bits per heavy atom. The summed E-state index contributed by atoms with van der Waals surface area (Å²) in [6.45, 7) is 4.58. The molecule has 116 valence electrons. The summed E-state index contributed by atoms with van der Waals surface area (Å²) in [5.41, 5.74) is -0.242. The highest BCUT2D eigenvalue weighted by Gasteiger charge is 2.40. The Balaban J connectivity index is 2.10. The molecule has 1 fully saturated rings. The molecule has 1 aliphatic rings. The van der Waals surface area contributed by atoms with Crippen LogP contribution in [0.2, 0.25) is 0 Å². The number of halogens is 2. The average Bonchev–Trinajstić information content (AvgIpc) is 2.88. The van der Waals surface area contributed by atoms with E-state index in [-0.39, 0.29) is 5.91 Å². The second kappa shape index (κ2) is 6.52. The zero-order chi connectivity index (χ0) is 15.5. The summed E-state index contributed by atoms with van der Waals surface area (Å²) in [6.07, 6.45) is 3.43. The molecule has 0 radical (unpaired) electrons. The van der Waals surface area contributed by atoms with Crippen LogP contribution in [-0.4, -0.2) is 18.0 Å². The summed E-state index contributed by atoms with van der Waals surface area (Å²) in [6, 6.07) is 2.93. The van der Waals surface area contributed by atoms with Gasteiger partial charge < -0.3 is 10.6 Å². The Hall–Kier alpha value is -1.49. The van der Waals surface area contributed by atoms with E-state index in [0.717, 1.165) is 38.3 Å². The minimum absolute atomic E-state index is 0.0990. The number of rotatable bonds is 5. The Kier molecular flexibility index (Phi) is 4.93. The van der Waals surface area contributed by atoms with Crippen molar-refractivity contribution in [3.8, 4) is 0 Å². The molecule has 1 aliphatic heterocycles. The molecular formula is C16H22F2N2O. The molecule has 0 bridgehead atoms. The number of amides is 1. The largest absolute Gasteiger partial charge is 0.348 e. The number of hydrogen-bond acceptors (Lipinski definition) is 2. The van der Waals surface area contributed by atoms with E-state index >= 15 is 0 Å². The topological polar surface area (TPSA) is 41.1 Å². The van der Waals surface area contributed by atoms with Gasteiger partial charge in [-0.15, -0.1) is 0 Å². The highest BCUT2D eigenvalue weighted by Crippen LogP contribution is 2.26. The van der Waals surface area contributed by atoms with Gasteiger partial charge in [0.25, 0.3) is 0 Å². The lowest BCUT2D eigenvalue weighted by molar-refractivity contribution is -0.128. The molecule has 0 aromatic heterocycles. The maximum absolute atomic E-state index is 13.8. The minimum Gasteiger partial charge on any atom is -0.348 e. The molecule has 2 atom stereocenters. The maximum atomic E-state index is 13.8. The second-order valence-corrected chi connectivity index (χ2v) is 5.72. The van der Waals surface area contributed by atoms with Crippen LogP contribution < -0.4 is 10.6 Å². The smallest absolute Gasteiger partial charge is 0.240 e. The van der Waals surface area contributed by atoms with Gasteiger partial charge in [0.2, 0.25) is 5.91 Å². The first-order valence-corrected chi connectivity index (χ1v) is 7.49. The molecule has 21 heavy (non-hydrogen) atoms. The predicted molar refractivity (Wildman–Crippen MR) is 77.8 cm³/mol. The fourth-order valence-electron chi connectivity index (χ4n) is 3.02. The van der Waals surface area contributed by atoms with E-state index in [1.807, 2.05) is 6.92 Å². The van der Waals surface area contributed by atoms with Gasteiger partial charge in [-0.3, -0.25) is 4.79 Å². The summed E-state index contributed by atoms with van der Waals surface area (Å²) in [7, 11) is 0. The molecule has 0 aliphatic carbocycles. The van der Waals surface area contributed by atoms with Crippen molar-refractivity contribution >= 4 is 5.91 Å². The molecule has 5 heteroatoms. The molecule has 2 rings (SSSR count). The van der Waals surface area contributed by atoms with E-state index in [1.54, 1.807) is 6.92 Å². The SMILES string of the molecule is CCCC1(C(=O)NC(C)c2ccc(F)cc2F)CCCN1. The van der Waals surface area contributed by atoms with Crippen molar-refractivity contribution in [2.24, 2.45) is 0 Å². The van der Waals surface area contributed by atoms with Crippen LogP contribution in [0, 0.1) is 11.6 Å². The van der Waals surface area contributed by atoms with Crippen LogP contribution in [0.25, 0.3) is 0 Å². The Morgan fingerprint density at radius 3 is 2.81 bits per heavy atom. The quantitative estimate of drug-likeness (QED) is 0.877. The van der Waals surface area contributed by atoms with Gasteiger partial charge in [-0.1, -0.05) is 19.4 Å². The zero-order valence-electron chi connectivity index (χ0n) is 12.5. The number of carbonyl (C=O) groups is 1. The van der Waals surface area contributed by atoms with Gasteiger partial charge in [0.15, 0.2) is 0 Å². The van der Waals surface area contributed by atoms with Crippen LogP contribution in [0.3, 0.4) is 0 Å². The van der Waals surface area contributed by atoms with Gasteiger partial charge >= 0.3 is 0 Å².